The standard InChI is InChI=1S/C21H20N8O2/c1-12(30)25-13-5-3-6-14(9-13)26-21-23-10-16(19(22)31)20(28-21)27-17-7-4-8-18-15(17)11-24-29(18)2/h3-11H,1-2H3,(H2,22,31)(H,25,30)(H2,23,26,27,28). The fourth-order valence-electron chi connectivity index (χ4n) is 3.14. The quantitative estimate of drug-likeness (QED) is 0.379. The highest BCUT2D eigenvalue weighted by Crippen LogP contribution is 2.27. The maximum absolute atomic E-state index is 11.9. The van der Waals surface area contributed by atoms with E-state index < -0.39 is 5.91 Å². The van der Waals surface area contributed by atoms with Gasteiger partial charge in [0, 0.05) is 36.9 Å². The third kappa shape index (κ3) is 4.27. The minimum absolute atomic E-state index is 0.151. The van der Waals surface area contributed by atoms with E-state index in [1.165, 1.54) is 13.1 Å². The van der Waals surface area contributed by atoms with Crippen LogP contribution in [0.2, 0.25) is 0 Å². The topological polar surface area (TPSA) is 140 Å². The highest BCUT2D eigenvalue weighted by molar-refractivity contribution is 6.00. The monoisotopic (exact) mass is 416 g/mol. The van der Waals surface area contributed by atoms with Crippen LogP contribution < -0.4 is 21.7 Å². The number of carbonyl (C=O) groups excluding carboxylic acids is 2. The number of hydrogen-bond donors (Lipinski definition) is 4. The Balaban J connectivity index is 1.67. The van der Waals surface area contributed by atoms with Gasteiger partial charge in [0.25, 0.3) is 5.91 Å². The Kier molecular flexibility index (Phi) is 5.19. The predicted octanol–water partition coefficient (Wildman–Crippen LogP) is 2.91. The van der Waals surface area contributed by atoms with Crippen molar-refractivity contribution >= 4 is 51.5 Å². The number of rotatable bonds is 6. The number of carbonyl (C=O) groups is 2. The van der Waals surface area contributed by atoms with Gasteiger partial charge in [-0.3, -0.25) is 14.3 Å². The van der Waals surface area contributed by atoms with Crippen molar-refractivity contribution in [1.29, 1.82) is 0 Å². The molecule has 0 aliphatic carbocycles. The molecule has 4 aromatic rings. The first-order valence-corrected chi connectivity index (χ1v) is 9.40. The van der Waals surface area contributed by atoms with Crippen LogP contribution in [-0.4, -0.2) is 31.6 Å². The summed E-state index contributed by atoms with van der Waals surface area (Å²) in [5, 5.41) is 14.1. The molecule has 10 nitrogen and oxygen atoms in total. The lowest BCUT2D eigenvalue weighted by Crippen LogP contribution is -2.15. The third-order valence-electron chi connectivity index (χ3n) is 4.54. The van der Waals surface area contributed by atoms with Crippen molar-refractivity contribution in [1.82, 2.24) is 19.7 Å². The number of fused-ring (bicyclic) bond motifs is 1. The summed E-state index contributed by atoms with van der Waals surface area (Å²) >= 11 is 0. The van der Waals surface area contributed by atoms with Crippen molar-refractivity contribution in [3.05, 3.63) is 60.4 Å². The van der Waals surface area contributed by atoms with Crippen LogP contribution in [0.4, 0.5) is 28.8 Å². The molecule has 2 aromatic heterocycles. The van der Waals surface area contributed by atoms with E-state index in [0.29, 0.717) is 11.4 Å². The van der Waals surface area contributed by atoms with Crippen molar-refractivity contribution in [2.45, 2.75) is 6.92 Å². The number of nitrogens with two attached hydrogens (primary N) is 1. The minimum Gasteiger partial charge on any atom is -0.365 e. The van der Waals surface area contributed by atoms with Gasteiger partial charge >= 0.3 is 0 Å². The molecule has 0 aliphatic heterocycles. The molecule has 0 saturated carbocycles. The van der Waals surface area contributed by atoms with Gasteiger partial charge in [-0.25, -0.2) is 4.98 Å². The maximum atomic E-state index is 11.9. The lowest BCUT2D eigenvalue weighted by molar-refractivity contribution is -0.114. The first-order chi connectivity index (χ1) is 14.9. The number of hydrogen-bond acceptors (Lipinski definition) is 7. The molecule has 5 N–H and O–H groups in total. The van der Waals surface area contributed by atoms with Gasteiger partial charge in [0.1, 0.15) is 11.4 Å². The molecule has 10 heteroatoms. The van der Waals surface area contributed by atoms with Crippen LogP contribution in [0.3, 0.4) is 0 Å². The van der Waals surface area contributed by atoms with Gasteiger partial charge in [-0.1, -0.05) is 12.1 Å². The van der Waals surface area contributed by atoms with Crippen LogP contribution in [0.25, 0.3) is 10.9 Å². The van der Waals surface area contributed by atoms with Crippen molar-refractivity contribution in [3.63, 3.8) is 0 Å². The summed E-state index contributed by atoms with van der Waals surface area (Å²) in [6, 6.07) is 12.8. The van der Waals surface area contributed by atoms with Crippen LogP contribution >= 0.6 is 0 Å². The average molecular weight is 416 g/mol. The van der Waals surface area contributed by atoms with Gasteiger partial charge in [0.2, 0.25) is 11.9 Å². The van der Waals surface area contributed by atoms with Gasteiger partial charge in [-0.05, 0) is 30.3 Å². The summed E-state index contributed by atoms with van der Waals surface area (Å²) in [4.78, 5) is 31.8. The zero-order valence-electron chi connectivity index (χ0n) is 16.9. The Morgan fingerprint density at radius 2 is 1.81 bits per heavy atom. The predicted molar refractivity (Wildman–Crippen MR) is 119 cm³/mol. The number of aryl methyl sites for hydroxylation is 1. The summed E-state index contributed by atoms with van der Waals surface area (Å²) in [6.07, 6.45) is 3.09. The largest absolute Gasteiger partial charge is 0.365 e. The number of nitrogens with zero attached hydrogens (tertiary/aromatic N) is 4. The number of primary amides is 1. The van der Waals surface area contributed by atoms with E-state index in [9.17, 15) is 9.59 Å². The molecule has 156 valence electrons. The molecule has 0 unspecified atom stereocenters. The molecule has 0 radical (unpaired) electrons. The fourth-order valence-corrected chi connectivity index (χ4v) is 3.14. The molecule has 0 aliphatic rings. The number of aromatic nitrogens is 4. The highest BCUT2D eigenvalue weighted by Gasteiger charge is 2.15. The van der Waals surface area contributed by atoms with E-state index in [0.717, 1.165) is 16.6 Å². The SMILES string of the molecule is CC(=O)Nc1cccc(Nc2ncc(C(N)=O)c(Nc3cccc4c3cnn4C)n2)c1. The molecule has 0 fully saturated rings. The third-order valence-corrected chi connectivity index (χ3v) is 4.54. The molecule has 31 heavy (non-hydrogen) atoms. The molecule has 2 aromatic carbocycles. The van der Waals surface area contributed by atoms with E-state index in [4.69, 9.17) is 5.73 Å². The summed E-state index contributed by atoms with van der Waals surface area (Å²) < 4.78 is 1.75. The van der Waals surface area contributed by atoms with Gasteiger partial charge in [-0.15, -0.1) is 0 Å². The first-order valence-electron chi connectivity index (χ1n) is 9.40. The van der Waals surface area contributed by atoms with Crippen molar-refractivity contribution in [2.75, 3.05) is 16.0 Å². The van der Waals surface area contributed by atoms with E-state index >= 15 is 0 Å². The Bertz CT molecular complexity index is 1300. The molecule has 0 bridgehead atoms. The molecule has 4 rings (SSSR count). The number of anilines is 5. The van der Waals surface area contributed by atoms with Crippen LogP contribution in [0.1, 0.15) is 17.3 Å². The second kappa shape index (κ2) is 8.11. The zero-order valence-corrected chi connectivity index (χ0v) is 16.9. The summed E-state index contributed by atoms with van der Waals surface area (Å²) in [5.41, 5.74) is 8.62. The van der Waals surface area contributed by atoms with Crippen LogP contribution in [0, 0.1) is 0 Å². The second-order valence-corrected chi connectivity index (χ2v) is 6.84. The molecule has 0 atom stereocenters. The maximum Gasteiger partial charge on any atom is 0.254 e. The number of amides is 2. The molecular formula is C21H20N8O2. The van der Waals surface area contributed by atoms with Crippen molar-refractivity contribution in [3.8, 4) is 0 Å². The van der Waals surface area contributed by atoms with E-state index in [1.54, 1.807) is 35.1 Å². The van der Waals surface area contributed by atoms with Gasteiger partial charge in [-0.2, -0.15) is 10.1 Å². The number of nitrogens with one attached hydrogen (secondary N) is 3. The molecular weight excluding hydrogens is 396 g/mol. The smallest absolute Gasteiger partial charge is 0.254 e. The zero-order chi connectivity index (χ0) is 22.0. The van der Waals surface area contributed by atoms with Crippen molar-refractivity contribution < 1.29 is 9.59 Å². The molecule has 0 saturated heterocycles. The van der Waals surface area contributed by atoms with Gasteiger partial charge in [0.05, 0.1) is 17.4 Å². The summed E-state index contributed by atoms with van der Waals surface area (Å²) in [5.74, 6) is -0.305. The Morgan fingerprint density at radius 3 is 2.58 bits per heavy atom. The first kappa shape index (κ1) is 19.8. The van der Waals surface area contributed by atoms with E-state index in [-0.39, 0.29) is 23.2 Å². The van der Waals surface area contributed by atoms with E-state index in [1.807, 2.05) is 25.2 Å². The average Bonchev–Trinajstić information content (AvgIpc) is 3.10. The van der Waals surface area contributed by atoms with Gasteiger partial charge < -0.3 is 21.7 Å². The fraction of sp³-hybridized carbons (Fsp3) is 0.0952. The Labute approximate surface area is 177 Å². The normalized spacial score (nSPS) is 10.6. The van der Waals surface area contributed by atoms with Crippen molar-refractivity contribution in [2.24, 2.45) is 12.8 Å². The lowest BCUT2D eigenvalue weighted by Gasteiger charge is -2.13. The second-order valence-electron chi connectivity index (χ2n) is 6.84. The summed E-state index contributed by atoms with van der Waals surface area (Å²) in [6.45, 7) is 1.44. The molecule has 0 spiro atoms. The van der Waals surface area contributed by atoms with Crippen LogP contribution in [0.5, 0.6) is 0 Å². The van der Waals surface area contributed by atoms with Gasteiger partial charge in [0.15, 0.2) is 0 Å². The Morgan fingerprint density at radius 1 is 1.03 bits per heavy atom. The van der Waals surface area contributed by atoms with Crippen LogP contribution in [-0.2, 0) is 11.8 Å². The van der Waals surface area contributed by atoms with Crippen LogP contribution in [0.15, 0.2) is 54.9 Å². The summed E-state index contributed by atoms with van der Waals surface area (Å²) in [7, 11) is 1.85. The molecule has 2 heterocycles. The number of benzene rings is 2. The minimum atomic E-state index is -0.653. The lowest BCUT2D eigenvalue weighted by atomic mass is 10.2. The highest BCUT2D eigenvalue weighted by atomic mass is 16.1. The molecule has 2 amide bonds. The van der Waals surface area contributed by atoms with E-state index in [2.05, 4.69) is 31.0 Å². The Hall–Kier alpha value is -4.47.